The van der Waals surface area contributed by atoms with Gasteiger partial charge in [0.15, 0.2) is 0 Å². The summed E-state index contributed by atoms with van der Waals surface area (Å²) in [6.07, 6.45) is 4.16. The van der Waals surface area contributed by atoms with E-state index in [9.17, 15) is 8.42 Å². The number of aryl methyl sites for hydroxylation is 1. The van der Waals surface area contributed by atoms with Crippen molar-refractivity contribution in [1.82, 2.24) is 15.1 Å². The first-order chi connectivity index (χ1) is 10.0. The minimum Gasteiger partial charge on any atom is -0.313 e. The van der Waals surface area contributed by atoms with Crippen LogP contribution in [0.5, 0.6) is 0 Å². The SMILES string of the molecule is CCCNCc1ccc(S(=O)(=O)Nc2cnn(C)c2)cc1. The molecule has 0 saturated carbocycles. The fraction of sp³-hybridized carbons (Fsp3) is 0.357. The Hall–Kier alpha value is -1.86. The molecule has 0 radical (unpaired) electrons. The fourth-order valence-corrected chi connectivity index (χ4v) is 2.91. The molecule has 0 amide bonds. The minimum atomic E-state index is -3.57. The molecule has 0 saturated heterocycles. The van der Waals surface area contributed by atoms with E-state index < -0.39 is 10.0 Å². The number of aromatic nitrogens is 2. The Bertz CT molecular complexity index is 677. The number of rotatable bonds is 7. The molecule has 2 N–H and O–H groups in total. The molecular formula is C14H20N4O2S. The number of sulfonamides is 1. The van der Waals surface area contributed by atoms with Gasteiger partial charge in [-0.25, -0.2) is 8.42 Å². The molecular weight excluding hydrogens is 288 g/mol. The van der Waals surface area contributed by atoms with Crippen LogP contribution >= 0.6 is 0 Å². The number of hydrogen-bond donors (Lipinski definition) is 2. The summed E-state index contributed by atoms with van der Waals surface area (Å²) < 4.78 is 28.5. The summed E-state index contributed by atoms with van der Waals surface area (Å²) in [6, 6.07) is 6.87. The number of hydrogen-bond acceptors (Lipinski definition) is 4. The average Bonchev–Trinajstić information content (AvgIpc) is 2.84. The molecule has 0 atom stereocenters. The van der Waals surface area contributed by atoms with E-state index >= 15 is 0 Å². The molecule has 0 fully saturated rings. The van der Waals surface area contributed by atoms with Gasteiger partial charge in [0.1, 0.15) is 0 Å². The van der Waals surface area contributed by atoms with Gasteiger partial charge in [-0.15, -0.1) is 0 Å². The van der Waals surface area contributed by atoms with Crippen molar-refractivity contribution in [3.8, 4) is 0 Å². The van der Waals surface area contributed by atoms with Gasteiger partial charge in [0, 0.05) is 19.8 Å². The summed E-state index contributed by atoms with van der Waals surface area (Å²) in [5, 5.41) is 7.21. The molecule has 6 nitrogen and oxygen atoms in total. The van der Waals surface area contributed by atoms with Crippen LogP contribution in [0.15, 0.2) is 41.6 Å². The Morgan fingerprint density at radius 3 is 2.52 bits per heavy atom. The monoisotopic (exact) mass is 308 g/mol. The molecule has 21 heavy (non-hydrogen) atoms. The molecule has 0 aliphatic rings. The molecule has 0 bridgehead atoms. The number of nitrogens with zero attached hydrogens (tertiary/aromatic N) is 2. The van der Waals surface area contributed by atoms with E-state index in [-0.39, 0.29) is 4.90 Å². The Balaban J connectivity index is 2.06. The lowest BCUT2D eigenvalue weighted by Crippen LogP contribution is -2.15. The lowest BCUT2D eigenvalue weighted by atomic mass is 10.2. The van der Waals surface area contributed by atoms with E-state index in [1.165, 1.54) is 6.20 Å². The van der Waals surface area contributed by atoms with Crippen LogP contribution in [0.3, 0.4) is 0 Å². The quantitative estimate of drug-likeness (QED) is 0.764. The molecule has 114 valence electrons. The zero-order chi connectivity index (χ0) is 15.3. The third-order valence-electron chi connectivity index (χ3n) is 2.95. The molecule has 1 aromatic carbocycles. The van der Waals surface area contributed by atoms with Gasteiger partial charge in [0.2, 0.25) is 0 Å². The third kappa shape index (κ3) is 4.30. The van der Waals surface area contributed by atoms with Crippen molar-refractivity contribution in [1.29, 1.82) is 0 Å². The van der Waals surface area contributed by atoms with Crippen molar-refractivity contribution in [2.75, 3.05) is 11.3 Å². The summed E-state index contributed by atoms with van der Waals surface area (Å²) in [6.45, 7) is 3.79. The third-order valence-corrected chi connectivity index (χ3v) is 4.34. The van der Waals surface area contributed by atoms with Crippen molar-refractivity contribution in [2.24, 2.45) is 7.05 Å². The van der Waals surface area contributed by atoms with E-state index in [0.29, 0.717) is 5.69 Å². The Morgan fingerprint density at radius 2 is 1.95 bits per heavy atom. The summed E-state index contributed by atoms with van der Waals surface area (Å²) in [5.74, 6) is 0. The minimum absolute atomic E-state index is 0.241. The van der Waals surface area contributed by atoms with Crippen LogP contribution in [0.4, 0.5) is 5.69 Å². The first-order valence-electron chi connectivity index (χ1n) is 6.82. The van der Waals surface area contributed by atoms with Gasteiger partial charge in [-0.2, -0.15) is 5.10 Å². The molecule has 0 aliphatic heterocycles. The van der Waals surface area contributed by atoms with Gasteiger partial charge < -0.3 is 5.32 Å². The van der Waals surface area contributed by atoms with E-state index in [1.54, 1.807) is 30.1 Å². The predicted molar refractivity (Wildman–Crippen MR) is 82.5 cm³/mol. The lowest BCUT2D eigenvalue weighted by Gasteiger charge is -2.07. The van der Waals surface area contributed by atoms with Crippen molar-refractivity contribution in [2.45, 2.75) is 24.8 Å². The molecule has 1 heterocycles. The van der Waals surface area contributed by atoms with Crippen LogP contribution in [-0.4, -0.2) is 24.7 Å². The van der Waals surface area contributed by atoms with Gasteiger partial charge in [-0.1, -0.05) is 19.1 Å². The number of anilines is 1. The highest BCUT2D eigenvalue weighted by Crippen LogP contribution is 2.15. The predicted octanol–water partition coefficient (Wildman–Crippen LogP) is 1.72. The molecule has 2 rings (SSSR count). The topological polar surface area (TPSA) is 76.0 Å². The first kappa shape index (κ1) is 15.5. The van der Waals surface area contributed by atoms with Crippen molar-refractivity contribution < 1.29 is 8.42 Å². The zero-order valence-corrected chi connectivity index (χ0v) is 13.0. The van der Waals surface area contributed by atoms with Crippen molar-refractivity contribution in [3.63, 3.8) is 0 Å². The van der Waals surface area contributed by atoms with Crippen LogP contribution < -0.4 is 10.0 Å². The van der Waals surface area contributed by atoms with E-state index in [2.05, 4.69) is 22.1 Å². The average molecular weight is 308 g/mol. The van der Waals surface area contributed by atoms with Gasteiger partial charge in [-0.3, -0.25) is 9.40 Å². The zero-order valence-electron chi connectivity index (χ0n) is 12.2. The van der Waals surface area contributed by atoms with Crippen LogP contribution in [0, 0.1) is 0 Å². The highest BCUT2D eigenvalue weighted by Gasteiger charge is 2.14. The molecule has 0 aliphatic carbocycles. The lowest BCUT2D eigenvalue weighted by molar-refractivity contribution is 0.601. The van der Waals surface area contributed by atoms with Crippen molar-refractivity contribution in [3.05, 3.63) is 42.2 Å². The van der Waals surface area contributed by atoms with Crippen LogP contribution in [0.25, 0.3) is 0 Å². The number of nitrogens with one attached hydrogen (secondary N) is 2. The van der Waals surface area contributed by atoms with Crippen molar-refractivity contribution >= 4 is 15.7 Å². The summed E-state index contributed by atoms with van der Waals surface area (Å²) in [4.78, 5) is 0.241. The first-order valence-corrected chi connectivity index (χ1v) is 8.30. The second-order valence-corrected chi connectivity index (χ2v) is 6.51. The summed E-state index contributed by atoms with van der Waals surface area (Å²) in [5.41, 5.74) is 1.51. The van der Waals surface area contributed by atoms with E-state index in [0.717, 1.165) is 25.1 Å². The molecule has 0 spiro atoms. The molecule has 0 unspecified atom stereocenters. The Kier molecular flexibility index (Phi) is 4.98. The maximum absolute atomic E-state index is 12.2. The van der Waals surface area contributed by atoms with Gasteiger partial charge in [0.25, 0.3) is 10.0 Å². The highest BCUT2D eigenvalue weighted by molar-refractivity contribution is 7.92. The number of benzene rings is 1. The van der Waals surface area contributed by atoms with Crippen LogP contribution in [-0.2, 0) is 23.6 Å². The highest BCUT2D eigenvalue weighted by atomic mass is 32.2. The maximum Gasteiger partial charge on any atom is 0.261 e. The van der Waals surface area contributed by atoms with Crippen LogP contribution in [0.2, 0.25) is 0 Å². The summed E-state index contributed by atoms with van der Waals surface area (Å²) >= 11 is 0. The molecule has 7 heteroatoms. The standard InChI is InChI=1S/C14H20N4O2S/c1-3-8-15-9-12-4-6-14(7-5-12)21(19,20)17-13-10-16-18(2)11-13/h4-7,10-11,15,17H,3,8-9H2,1-2H3. The smallest absolute Gasteiger partial charge is 0.261 e. The largest absolute Gasteiger partial charge is 0.313 e. The Labute approximate surface area is 125 Å². The second-order valence-electron chi connectivity index (χ2n) is 4.83. The summed E-state index contributed by atoms with van der Waals surface area (Å²) in [7, 11) is -1.83. The normalized spacial score (nSPS) is 11.5. The second kappa shape index (κ2) is 6.73. The molecule has 2 aromatic rings. The fourth-order valence-electron chi connectivity index (χ4n) is 1.88. The maximum atomic E-state index is 12.2. The molecule has 1 aromatic heterocycles. The van der Waals surface area contributed by atoms with Gasteiger partial charge in [-0.05, 0) is 30.7 Å². The van der Waals surface area contributed by atoms with Gasteiger partial charge >= 0.3 is 0 Å². The van der Waals surface area contributed by atoms with E-state index in [4.69, 9.17) is 0 Å². The Morgan fingerprint density at radius 1 is 1.24 bits per heavy atom. The van der Waals surface area contributed by atoms with Crippen LogP contribution in [0.1, 0.15) is 18.9 Å². The van der Waals surface area contributed by atoms with Gasteiger partial charge in [0.05, 0.1) is 16.8 Å². The van der Waals surface area contributed by atoms with E-state index in [1.807, 2.05) is 12.1 Å².